The summed E-state index contributed by atoms with van der Waals surface area (Å²) in [6.07, 6.45) is 1.38. The maximum Gasteiger partial charge on any atom is 0.573 e. The van der Waals surface area contributed by atoms with Gasteiger partial charge in [0.25, 0.3) is 5.91 Å². The topological polar surface area (TPSA) is 109 Å². The summed E-state index contributed by atoms with van der Waals surface area (Å²) in [6.45, 7) is 5.10. The molecule has 10 nitrogen and oxygen atoms in total. The number of carbonyl (C=O) groups is 2. The van der Waals surface area contributed by atoms with Crippen molar-refractivity contribution >= 4 is 23.3 Å². The van der Waals surface area contributed by atoms with E-state index < -0.39 is 6.36 Å². The van der Waals surface area contributed by atoms with Crippen molar-refractivity contribution in [2.75, 3.05) is 57.8 Å². The number of ether oxygens (including phenoxy) is 2. The summed E-state index contributed by atoms with van der Waals surface area (Å²) in [5.74, 6) is 1.80. The molecule has 3 fully saturated rings. The molecular weight excluding hydrogens is 613 g/mol. The van der Waals surface area contributed by atoms with Gasteiger partial charge in [-0.05, 0) is 67.5 Å². The number of piperazine rings is 1. The third-order valence-electron chi connectivity index (χ3n) is 9.26. The monoisotopic (exact) mass is 656 g/mol. The highest BCUT2D eigenvalue weighted by Gasteiger charge is 2.42. The summed E-state index contributed by atoms with van der Waals surface area (Å²) >= 11 is 0. The Hall–Kier alpha value is -4.23. The van der Waals surface area contributed by atoms with Crippen molar-refractivity contribution in [2.45, 2.75) is 32.0 Å². The molecule has 2 heterocycles. The van der Waals surface area contributed by atoms with Gasteiger partial charge < -0.3 is 25.0 Å². The Bertz CT molecular complexity index is 1540. The minimum Gasteiger partial charge on any atom is -0.406 e. The van der Waals surface area contributed by atoms with E-state index in [0.717, 1.165) is 37.5 Å². The van der Waals surface area contributed by atoms with E-state index >= 15 is 0 Å². The second-order valence-electron chi connectivity index (χ2n) is 12.4. The molecule has 6 rings (SSSR count). The number of alkyl halides is 3. The van der Waals surface area contributed by atoms with Gasteiger partial charge >= 0.3 is 6.36 Å². The molecule has 0 radical (unpaired) electrons. The minimum absolute atomic E-state index is 0. The number of halogens is 3. The van der Waals surface area contributed by atoms with Crippen LogP contribution in [0.1, 0.15) is 38.9 Å². The molecular formula is C34H43F3N6O4. The summed E-state index contributed by atoms with van der Waals surface area (Å²) < 4.78 is 47.0. The smallest absolute Gasteiger partial charge is 0.406 e. The normalized spacial score (nSPS) is 21.1. The van der Waals surface area contributed by atoms with Crippen molar-refractivity contribution in [3.8, 4) is 17.0 Å². The van der Waals surface area contributed by atoms with Crippen LogP contribution in [0.3, 0.4) is 0 Å². The number of anilines is 2. The maximum atomic E-state index is 13.4. The van der Waals surface area contributed by atoms with Crippen LogP contribution in [0.2, 0.25) is 0 Å². The SMILES string of the molecule is O=C(NCCOCCN1CCN(C(=O)c2cccc(-c3cc(Nc4ccc(OC(F)(F)F)cc4)ncn3)c2)CC1)[C@H]1CC2CCC1C2.[HH].[HH]. The lowest BCUT2D eigenvalue weighted by atomic mass is 9.88. The standard InChI is InChI=1S/C34H39F3N6O4.2H2/c35-34(36,37)47-28-8-6-27(7-9-28)41-31-21-30(39-22-40-31)25-2-1-3-26(20-25)33(45)43-13-11-42(12-14-43)15-17-46-16-10-38-32(44)29-19-23-4-5-24(29)18-23;;/h1-3,6-9,20-24,29H,4-5,10-19H2,(H,38,44)(H,39,40,41);2*1H/t23?,24?,29-;;/m0../s1. The third-order valence-corrected chi connectivity index (χ3v) is 9.26. The average Bonchev–Trinajstić information content (AvgIpc) is 3.71. The Balaban J connectivity index is 0.00000270. The lowest BCUT2D eigenvalue weighted by Crippen LogP contribution is -2.49. The molecule has 3 aliphatic rings. The van der Waals surface area contributed by atoms with Crippen LogP contribution in [0.25, 0.3) is 11.3 Å². The van der Waals surface area contributed by atoms with Crippen LogP contribution in [0.4, 0.5) is 24.7 Å². The van der Waals surface area contributed by atoms with Gasteiger partial charge in [0.1, 0.15) is 17.9 Å². The van der Waals surface area contributed by atoms with Gasteiger partial charge in [0, 0.05) is 70.9 Å². The van der Waals surface area contributed by atoms with Crippen molar-refractivity contribution in [2.24, 2.45) is 17.8 Å². The van der Waals surface area contributed by atoms with Gasteiger partial charge in [-0.3, -0.25) is 14.5 Å². The molecule has 2 aliphatic carbocycles. The highest BCUT2D eigenvalue weighted by molar-refractivity contribution is 5.95. The molecule has 3 aromatic rings. The van der Waals surface area contributed by atoms with Gasteiger partial charge in [-0.15, -0.1) is 13.2 Å². The average molecular weight is 657 g/mol. The van der Waals surface area contributed by atoms with Gasteiger partial charge in [-0.1, -0.05) is 18.6 Å². The Morgan fingerprint density at radius 1 is 0.957 bits per heavy atom. The van der Waals surface area contributed by atoms with Crippen molar-refractivity contribution in [1.29, 1.82) is 0 Å². The molecule has 1 aliphatic heterocycles. The number of nitrogens with one attached hydrogen (secondary N) is 2. The van der Waals surface area contributed by atoms with Gasteiger partial charge in [-0.2, -0.15) is 0 Å². The van der Waals surface area contributed by atoms with Crippen LogP contribution in [0.5, 0.6) is 5.75 Å². The summed E-state index contributed by atoms with van der Waals surface area (Å²) in [6, 6.07) is 14.3. The molecule has 3 atom stereocenters. The van der Waals surface area contributed by atoms with Crippen LogP contribution in [0, 0.1) is 17.8 Å². The van der Waals surface area contributed by atoms with E-state index in [9.17, 15) is 22.8 Å². The molecule has 2 aromatic carbocycles. The van der Waals surface area contributed by atoms with E-state index in [2.05, 4.69) is 30.2 Å². The Labute approximate surface area is 274 Å². The van der Waals surface area contributed by atoms with E-state index in [1.807, 2.05) is 17.0 Å². The number of rotatable bonds is 12. The number of fused-ring (bicyclic) bond motifs is 2. The first kappa shape index (κ1) is 32.7. The van der Waals surface area contributed by atoms with Crippen LogP contribution in [-0.4, -0.2) is 90.4 Å². The van der Waals surface area contributed by atoms with E-state index in [1.54, 1.807) is 18.2 Å². The number of hydrogen-bond acceptors (Lipinski definition) is 8. The molecule has 2 N–H and O–H groups in total. The second kappa shape index (κ2) is 14.7. The van der Waals surface area contributed by atoms with Crippen molar-refractivity contribution < 1.29 is 35.1 Å². The number of nitrogens with zero attached hydrogens (tertiary/aromatic N) is 4. The first-order chi connectivity index (χ1) is 22.7. The maximum absolute atomic E-state index is 13.4. The Kier molecular flexibility index (Phi) is 10.2. The predicted octanol–water partition coefficient (Wildman–Crippen LogP) is 5.60. The van der Waals surface area contributed by atoms with Crippen LogP contribution in [-0.2, 0) is 9.53 Å². The zero-order chi connectivity index (χ0) is 32.8. The molecule has 1 saturated heterocycles. The zero-order valence-electron chi connectivity index (χ0n) is 26.0. The number of benzene rings is 2. The quantitative estimate of drug-likeness (QED) is 0.243. The highest BCUT2D eigenvalue weighted by Crippen LogP contribution is 2.48. The highest BCUT2D eigenvalue weighted by atomic mass is 19.4. The zero-order valence-corrected chi connectivity index (χ0v) is 26.0. The van der Waals surface area contributed by atoms with Crippen LogP contribution >= 0.6 is 0 Å². The number of aromatic nitrogens is 2. The van der Waals surface area contributed by atoms with Crippen molar-refractivity contribution in [3.05, 3.63) is 66.5 Å². The lowest BCUT2D eigenvalue weighted by molar-refractivity contribution is -0.274. The predicted molar refractivity (Wildman–Crippen MR) is 173 cm³/mol. The molecule has 254 valence electrons. The molecule has 0 spiro atoms. The summed E-state index contributed by atoms with van der Waals surface area (Å²) in [7, 11) is 0. The molecule has 2 saturated carbocycles. The van der Waals surface area contributed by atoms with E-state index in [4.69, 9.17) is 4.74 Å². The van der Waals surface area contributed by atoms with Crippen LogP contribution < -0.4 is 15.4 Å². The Morgan fingerprint density at radius 2 is 1.77 bits per heavy atom. The van der Waals surface area contributed by atoms with Crippen LogP contribution in [0.15, 0.2) is 60.9 Å². The number of hydrogen-bond donors (Lipinski definition) is 2. The number of carbonyl (C=O) groups excluding carboxylic acids is 2. The molecule has 2 unspecified atom stereocenters. The molecule has 1 aromatic heterocycles. The second-order valence-corrected chi connectivity index (χ2v) is 12.4. The third kappa shape index (κ3) is 8.77. The lowest BCUT2D eigenvalue weighted by Gasteiger charge is -2.34. The molecule has 47 heavy (non-hydrogen) atoms. The van der Waals surface area contributed by atoms with Gasteiger partial charge in [0.15, 0.2) is 0 Å². The van der Waals surface area contributed by atoms with E-state index in [1.165, 1.54) is 49.9 Å². The van der Waals surface area contributed by atoms with Gasteiger partial charge in [0.05, 0.1) is 18.9 Å². The number of amides is 2. The fourth-order valence-electron chi connectivity index (χ4n) is 6.88. The molecule has 2 amide bonds. The van der Waals surface area contributed by atoms with Gasteiger partial charge in [0.2, 0.25) is 5.91 Å². The Morgan fingerprint density at radius 3 is 2.49 bits per heavy atom. The fraction of sp³-hybridized carbons (Fsp3) is 0.471. The van der Waals surface area contributed by atoms with Crippen molar-refractivity contribution in [1.82, 2.24) is 25.1 Å². The van der Waals surface area contributed by atoms with E-state index in [0.29, 0.717) is 61.5 Å². The minimum atomic E-state index is -4.76. The first-order valence-corrected chi connectivity index (χ1v) is 16.1. The van der Waals surface area contributed by atoms with Crippen molar-refractivity contribution in [3.63, 3.8) is 0 Å². The van der Waals surface area contributed by atoms with Gasteiger partial charge in [-0.25, -0.2) is 9.97 Å². The van der Waals surface area contributed by atoms with E-state index in [-0.39, 0.29) is 26.3 Å². The summed E-state index contributed by atoms with van der Waals surface area (Å²) in [5, 5.41) is 6.10. The fourth-order valence-corrected chi connectivity index (χ4v) is 6.88. The molecule has 13 heteroatoms. The largest absolute Gasteiger partial charge is 0.573 e. The molecule has 2 bridgehead atoms. The summed E-state index contributed by atoms with van der Waals surface area (Å²) in [5.41, 5.74) is 2.40. The summed E-state index contributed by atoms with van der Waals surface area (Å²) in [4.78, 5) is 38.5. The first-order valence-electron chi connectivity index (χ1n) is 16.1.